The molecule has 3 aromatic rings. The molecule has 0 aliphatic rings. The largest absolute Gasteiger partial charge is 0.436 e. The number of nitrogens with two attached hydrogens (primary N) is 1. The fourth-order valence-corrected chi connectivity index (χ4v) is 2.14. The van der Waals surface area contributed by atoms with E-state index in [0.29, 0.717) is 22.0 Å². The second kappa shape index (κ2) is 3.31. The van der Waals surface area contributed by atoms with Gasteiger partial charge in [0.15, 0.2) is 5.58 Å². The van der Waals surface area contributed by atoms with Crippen LogP contribution in [0, 0.1) is 5.82 Å². The van der Waals surface area contributed by atoms with E-state index in [-0.39, 0.29) is 5.82 Å². The number of hydrogen-bond acceptors (Lipinski definition) is 4. The van der Waals surface area contributed by atoms with Crippen LogP contribution in [0.5, 0.6) is 0 Å². The number of fused-ring (bicyclic) bond motifs is 1. The summed E-state index contributed by atoms with van der Waals surface area (Å²) in [6.45, 7) is 0. The van der Waals surface area contributed by atoms with Gasteiger partial charge in [-0.3, -0.25) is 0 Å². The Morgan fingerprint density at radius 2 is 2.19 bits per heavy atom. The molecule has 0 aliphatic carbocycles. The Labute approximate surface area is 94.3 Å². The van der Waals surface area contributed by atoms with E-state index in [9.17, 15) is 4.39 Å². The van der Waals surface area contributed by atoms with E-state index in [1.807, 2.05) is 11.4 Å². The fourth-order valence-electron chi connectivity index (χ4n) is 1.51. The summed E-state index contributed by atoms with van der Waals surface area (Å²) in [6.07, 6.45) is 0. The van der Waals surface area contributed by atoms with Gasteiger partial charge < -0.3 is 10.2 Å². The second-order valence-electron chi connectivity index (χ2n) is 3.33. The van der Waals surface area contributed by atoms with Crippen LogP contribution in [0.2, 0.25) is 0 Å². The third-order valence-electron chi connectivity index (χ3n) is 2.28. The molecule has 0 saturated carbocycles. The van der Waals surface area contributed by atoms with Gasteiger partial charge in [-0.2, -0.15) is 0 Å². The predicted molar refractivity (Wildman–Crippen MR) is 61.7 cm³/mol. The van der Waals surface area contributed by atoms with Gasteiger partial charge in [-0.15, -0.1) is 11.3 Å². The summed E-state index contributed by atoms with van der Waals surface area (Å²) in [6, 6.07) is 6.08. The van der Waals surface area contributed by atoms with Crippen molar-refractivity contribution in [2.24, 2.45) is 0 Å². The lowest BCUT2D eigenvalue weighted by molar-refractivity contribution is 0.603. The first-order valence-corrected chi connectivity index (χ1v) is 5.51. The summed E-state index contributed by atoms with van der Waals surface area (Å²) in [5.41, 5.74) is 7.58. The van der Waals surface area contributed by atoms with Crippen LogP contribution in [0.4, 0.5) is 9.39 Å². The Morgan fingerprint density at radius 1 is 1.31 bits per heavy atom. The van der Waals surface area contributed by atoms with Gasteiger partial charge in [0.25, 0.3) is 0 Å². The van der Waals surface area contributed by atoms with Crippen molar-refractivity contribution >= 4 is 27.4 Å². The van der Waals surface area contributed by atoms with Gasteiger partial charge in [-0.05, 0) is 23.6 Å². The summed E-state index contributed by atoms with van der Waals surface area (Å²) in [4.78, 5) is 4.25. The summed E-state index contributed by atoms with van der Waals surface area (Å²) >= 11 is 1.42. The smallest absolute Gasteiger partial charge is 0.230 e. The van der Waals surface area contributed by atoms with E-state index < -0.39 is 0 Å². The van der Waals surface area contributed by atoms with Crippen LogP contribution >= 0.6 is 11.3 Å². The number of aromatic nitrogens is 1. The summed E-state index contributed by atoms with van der Waals surface area (Å²) < 4.78 is 18.4. The molecule has 0 unspecified atom stereocenters. The van der Waals surface area contributed by atoms with Crippen molar-refractivity contribution in [3.8, 4) is 11.5 Å². The zero-order valence-corrected chi connectivity index (χ0v) is 8.92. The van der Waals surface area contributed by atoms with E-state index in [1.54, 1.807) is 6.07 Å². The standard InChI is InChI=1S/C11H7FN2OS/c12-6-1-2-8-9(5-6)15-11(14-8)7-3-4-16-10(7)13/h1-5H,13H2. The molecular formula is C11H7FN2OS. The van der Waals surface area contributed by atoms with Crippen molar-refractivity contribution < 1.29 is 8.81 Å². The van der Waals surface area contributed by atoms with Crippen LogP contribution in [0.25, 0.3) is 22.6 Å². The van der Waals surface area contributed by atoms with E-state index in [0.717, 1.165) is 5.56 Å². The zero-order valence-electron chi connectivity index (χ0n) is 8.11. The molecule has 0 spiro atoms. The lowest BCUT2D eigenvalue weighted by Gasteiger charge is -1.90. The molecule has 0 saturated heterocycles. The van der Waals surface area contributed by atoms with Crippen LogP contribution in [-0.2, 0) is 0 Å². The van der Waals surface area contributed by atoms with Gasteiger partial charge in [0.05, 0.1) is 10.6 Å². The maximum Gasteiger partial charge on any atom is 0.230 e. The first-order chi connectivity index (χ1) is 7.74. The SMILES string of the molecule is Nc1sccc1-c1nc2ccc(F)cc2o1. The van der Waals surface area contributed by atoms with E-state index in [4.69, 9.17) is 10.2 Å². The topological polar surface area (TPSA) is 52.0 Å². The molecule has 2 N–H and O–H groups in total. The van der Waals surface area contributed by atoms with Gasteiger partial charge in [0, 0.05) is 6.07 Å². The van der Waals surface area contributed by atoms with Crippen LogP contribution in [-0.4, -0.2) is 4.98 Å². The number of oxazole rings is 1. The maximum atomic E-state index is 13.0. The lowest BCUT2D eigenvalue weighted by atomic mass is 10.3. The number of rotatable bonds is 1. The Hall–Kier alpha value is -1.88. The highest BCUT2D eigenvalue weighted by molar-refractivity contribution is 7.14. The summed E-state index contributed by atoms with van der Waals surface area (Å²) in [7, 11) is 0. The molecule has 0 fully saturated rings. The van der Waals surface area contributed by atoms with Gasteiger partial charge in [-0.1, -0.05) is 0 Å². The minimum atomic E-state index is -0.339. The van der Waals surface area contributed by atoms with Crippen molar-refractivity contribution in [3.63, 3.8) is 0 Å². The Balaban J connectivity index is 2.23. The molecule has 0 bridgehead atoms. The first kappa shape index (κ1) is 9.35. The van der Waals surface area contributed by atoms with Gasteiger partial charge in [0.1, 0.15) is 11.3 Å². The predicted octanol–water partition coefficient (Wildman–Crippen LogP) is 3.28. The van der Waals surface area contributed by atoms with E-state index in [2.05, 4.69) is 4.98 Å². The minimum absolute atomic E-state index is 0.339. The highest BCUT2D eigenvalue weighted by atomic mass is 32.1. The number of hydrogen-bond donors (Lipinski definition) is 1. The normalized spacial score (nSPS) is 11.1. The second-order valence-corrected chi connectivity index (χ2v) is 4.28. The van der Waals surface area contributed by atoms with Crippen molar-refractivity contribution in [2.75, 3.05) is 5.73 Å². The number of nitrogens with zero attached hydrogens (tertiary/aromatic N) is 1. The van der Waals surface area contributed by atoms with Crippen LogP contribution in [0.15, 0.2) is 34.1 Å². The molecular weight excluding hydrogens is 227 g/mol. The molecule has 1 aromatic carbocycles. The van der Waals surface area contributed by atoms with Crippen molar-refractivity contribution in [1.29, 1.82) is 0 Å². The van der Waals surface area contributed by atoms with E-state index in [1.165, 1.54) is 23.5 Å². The molecule has 16 heavy (non-hydrogen) atoms. The number of nitrogen functional groups attached to an aromatic ring is 1. The number of halogens is 1. The Bertz CT molecular complexity index is 659. The molecule has 3 rings (SSSR count). The van der Waals surface area contributed by atoms with Crippen molar-refractivity contribution in [3.05, 3.63) is 35.5 Å². The highest BCUT2D eigenvalue weighted by Gasteiger charge is 2.12. The molecule has 0 radical (unpaired) electrons. The lowest BCUT2D eigenvalue weighted by Crippen LogP contribution is -1.82. The number of thiophene rings is 1. The molecule has 5 heteroatoms. The molecule has 0 amide bonds. The van der Waals surface area contributed by atoms with Crippen LogP contribution in [0.1, 0.15) is 0 Å². The number of anilines is 1. The molecule has 0 aliphatic heterocycles. The fraction of sp³-hybridized carbons (Fsp3) is 0. The van der Waals surface area contributed by atoms with Crippen molar-refractivity contribution in [1.82, 2.24) is 4.98 Å². The molecule has 80 valence electrons. The zero-order chi connectivity index (χ0) is 11.1. The van der Waals surface area contributed by atoms with Crippen molar-refractivity contribution in [2.45, 2.75) is 0 Å². The van der Waals surface area contributed by atoms with Gasteiger partial charge in [-0.25, -0.2) is 9.37 Å². The van der Waals surface area contributed by atoms with E-state index >= 15 is 0 Å². The van der Waals surface area contributed by atoms with Gasteiger partial charge >= 0.3 is 0 Å². The number of benzene rings is 1. The maximum absolute atomic E-state index is 13.0. The molecule has 2 aromatic heterocycles. The van der Waals surface area contributed by atoms with Crippen LogP contribution in [0.3, 0.4) is 0 Å². The summed E-state index contributed by atoms with van der Waals surface area (Å²) in [5, 5.41) is 2.51. The third-order valence-corrected chi connectivity index (χ3v) is 3.02. The average Bonchev–Trinajstić information content (AvgIpc) is 2.82. The molecule has 2 heterocycles. The Kier molecular flexibility index (Phi) is 1.94. The monoisotopic (exact) mass is 234 g/mol. The summed E-state index contributed by atoms with van der Waals surface area (Å²) in [5.74, 6) is 0.0906. The first-order valence-electron chi connectivity index (χ1n) is 4.63. The van der Waals surface area contributed by atoms with Crippen LogP contribution < -0.4 is 5.73 Å². The molecule has 0 atom stereocenters. The Morgan fingerprint density at radius 3 is 2.94 bits per heavy atom. The molecule has 3 nitrogen and oxygen atoms in total. The minimum Gasteiger partial charge on any atom is -0.436 e. The third kappa shape index (κ3) is 1.37. The van der Waals surface area contributed by atoms with Gasteiger partial charge in [0.2, 0.25) is 5.89 Å². The quantitative estimate of drug-likeness (QED) is 0.703. The highest BCUT2D eigenvalue weighted by Crippen LogP contribution is 2.32. The average molecular weight is 234 g/mol.